The van der Waals surface area contributed by atoms with Crippen molar-refractivity contribution >= 4 is 17.6 Å². The Bertz CT molecular complexity index is 848. The number of hydrogen-bond acceptors (Lipinski definition) is 4. The Morgan fingerprint density at radius 3 is 2.63 bits per heavy atom. The second-order valence-corrected chi connectivity index (χ2v) is 8.06. The molecule has 3 rings (SSSR count). The molecule has 5 nitrogen and oxygen atoms in total. The van der Waals surface area contributed by atoms with Crippen molar-refractivity contribution in [3.8, 4) is 0 Å². The molecular weight excluding hydrogens is 376 g/mol. The van der Waals surface area contributed by atoms with Crippen molar-refractivity contribution in [1.29, 1.82) is 0 Å². The number of anilines is 1. The van der Waals surface area contributed by atoms with Crippen LogP contribution >= 0.6 is 0 Å². The van der Waals surface area contributed by atoms with Gasteiger partial charge in [0.1, 0.15) is 0 Å². The second kappa shape index (κ2) is 10.9. The summed E-state index contributed by atoms with van der Waals surface area (Å²) in [5.74, 6) is -0.301. The minimum atomic E-state index is -0.319. The van der Waals surface area contributed by atoms with Crippen molar-refractivity contribution in [2.45, 2.75) is 46.1 Å². The van der Waals surface area contributed by atoms with Gasteiger partial charge in [0.05, 0.1) is 18.1 Å². The summed E-state index contributed by atoms with van der Waals surface area (Å²) in [6, 6.07) is 15.4. The lowest BCUT2D eigenvalue weighted by atomic mass is 9.96. The molecule has 0 aliphatic carbocycles. The number of nitrogens with one attached hydrogen (secondary N) is 1. The Morgan fingerprint density at radius 2 is 1.90 bits per heavy atom. The van der Waals surface area contributed by atoms with Crippen LogP contribution in [-0.4, -0.2) is 36.5 Å². The zero-order valence-corrected chi connectivity index (χ0v) is 18.0. The molecule has 1 aliphatic heterocycles. The Hall–Kier alpha value is -2.66. The Labute approximate surface area is 179 Å². The molecule has 0 radical (unpaired) electrons. The number of hydrogen-bond donors (Lipinski definition) is 1. The lowest BCUT2D eigenvalue weighted by Gasteiger charge is -2.32. The van der Waals surface area contributed by atoms with E-state index in [9.17, 15) is 9.59 Å². The number of rotatable bonds is 8. The van der Waals surface area contributed by atoms with E-state index in [4.69, 9.17) is 4.74 Å². The molecule has 0 spiro atoms. The number of amides is 1. The summed E-state index contributed by atoms with van der Waals surface area (Å²) in [5.41, 5.74) is 3.82. The average molecular weight is 409 g/mol. The fraction of sp³-hybridized carbons (Fsp3) is 0.440. The first kappa shape index (κ1) is 22.0. The van der Waals surface area contributed by atoms with Crippen LogP contribution in [0.4, 0.5) is 5.69 Å². The zero-order chi connectivity index (χ0) is 21.3. The summed E-state index contributed by atoms with van der Waals surface area (Å²) in [7, 11) is 0. The predicted molar refractivity (Wildman–Crippen MR) is 119 cm³/mol. The molecule has 5 heteroatoms. The SMILES string of the molecule is CCCCOC(=O)c1ccc(NC(=O)C2CCCN(Cc3ccccc3C)C2)cc1. The van der Waals surface area contributed by atoms with E-state index in [1.54, 1.807) is 24.3 Å². The van der Waals surface area contributed by atoms with Crippen molar-refractivity contribution in [1.82, 2.24) is 4.90 Å². The first-order chi connectivity index (χ1) is 14.6. The molecule has 1 saturated heterocycles. The maximum absolute atomic E-state index is 12.8. The van der Waals surface area contributed by atoms with Crippen molar-refractivity contribution in [2.75, 3.05) is 25.0 Å². The van der Waals surface area contributed by atoms with E-state index in [2.05, 4.69) is 48.3 Å². The summed E-state index contributed by atoms with van der Waals surface area (Å²) in [6.07, 6.45) is 3.77. The third kappa shape index (κ3) is 6.17. The summed E-state index contributed by atoms with van der Waals surface area (Å²) in [5, 5.41) is 3.01. The van der Waals surface area contributed by atoms with Crippen LogP contribution in [0.15, 0.2) is 48.5 Å². The van der Waals surface area contributed by atoms with Gasteiger partial charge in [-0.2, -0.15) is 0 Å². The van der Waals surface area contributed by atoms with Crippen LogP contribution < -0.4 is 5.32 Å². The number of nitrogens with zero attached hydrogens (tertiary/aromatic N) is 1. The second-order valence-electron chi connectivity index (χ2n) is 8.06. The van der Waals surface area contributed by atoms with E-state index in [1.807, 2.05) is 0 Å². The standard InChI is InChI=1S/C25H32N2O3/c1-3-4-16-30-25(29)20-11-13-23(14-12-20)26-24(28)22-10-7-15-27(18-22)17-21-9-6-5-8-19(21)2/h5-6,8-9,11-14,22H,3-4,7,10,15-18H2,1-2H3,(H,26,28). The molecule has 1 aliphatic rings. The van der Waals surface area contributed by atoms with Gasteiger partial charge >= 0.3 is 5.97 Å². The van der Waals surface area contributed by atoms with Crippen molar-refractivity contribution < 1.29 is 14.3 Å². The molecule has 1 fully saturated rings. The lowest BCUT2D eigenvalue weighted by Crippen LogP contribution is -2.40. The highest BCUT2D eigenvalue weighted by Crippen LogP contribution is 2.22. The summed E-state index contributed by atoms with van der Waals surface area (Å²) in [6.45, 7) is 7.29. The zero-order valence-electron chi connectivity index (χ0n) is 18.0. The normalized spacial score (nSPS) is 16.8. The predicted octanol–water partition coefficient (Wildman–Crippen LogP) is 4.80. The smallest absolute Gasteiger partial charge is 0.338 e. The van der Waals surface area contributed by atoms with Gasteiger partial charge in [-0.1, -0.05) is 37.6 Å². The van der Waals surface area contributed by atoms with Crippen LogP contribution in [0.1, 0.15) is 54.1 Å². The molecule has 30 heavy (non-hydrogen) atoms. The number of carbonyl (C=O) groups is 2. The molecular formula is C25H32N2O3. The molecule has 2 aromatic rings. The lowest BCUT2D eigenvalue weighted by molar-refractivity contribution is -0.121. The average Bonchev–Trinajstić information content (AvgIpc) is 2.76. The van der Waals surface area contributed by atoms with Gasteiger partial charge in [0.25, 0.3) is 0 Å². The number of esters is 1. The number of carbonyl (C=O) groups excluding carboxylic acids is 2. The van der Waals surface area contributed by atoms with Crippen LogP contribution in [0, 0.1) is 12.8 Å². The summed E-state index contributed by atoms with van der Waals surface area (Å²) in [4.78, 5) is 27.2. The van der Waals surface area contributed by atoms with E-state index in [0.717, 1.165) is 45.3 Å². The maximum Gasteiger partial charge on any atom is 0.338 e. The van der Waals surface area contributed by atoms with Gasteiger partial charge in [-0.25, -0.2) is 4.79 Å². The highest BCUT2D eigenvalue weighted by atomic mass is 16.5. The summed E-state index contributed by atoms with van der Waals surface area (Å²) < 4.78 is 5.22. The van der Waals surface area contributed by atoms with Gasteiger partial charge in [-0.15, -0.1) is 0 Å². The molecule has 2 aromatic carbocycles. The fourth-order valence-corrected chi connectivity index (χ4v) is 3.77. The van der Waals surface area contributed by atoms with Crippen molar-refractivity contribution in [3.05, 3.63) is 65.2 Å². The molecule has 1 heterocycles. The van der Waals surface area contributed by atoms with Gasteiger partial charge in [0.15, 0.2) is 0 Å². The maximum atomic E-state index is 12.8. The number of aryl methyl sites for hydroxylation is 1. The first-order valence-corrected chi connectivity index (χ1v) is 10.9. The molecule has 1 unspecified atom stereocenters. The Balaban J connectivity index is 1.52. The van der Waals surface area contributed by atoms with Gasteiger partial charge < -0.3 is 10.1 Å². The Kier molecular flexibility index (Phi) is 8.03. The third-order valence-corrected chi connectivity index (χ3v) is 5.65. The highest BCUT2D eigenvalue weighted by Gasteiger charge is 2.26. The largest absolute Gasteiger partial charge is 0.462 e. The van der Waals surface area contributed by atoms with E-state index in [0.29, 0.717) is 17.9 Å². The molecule has 1 amide bonds. The molecule has 0 saturated carbocycles. The topological polar surface area (TPSA) is 58.6 Å². The molecule has 1 N–H and O–H groups in total. The fourth-order valence-electron chi connectivity index (χ4n) is 3.77. The van der Waals surface area contributed by atoms with Crippen molar-refractivity contribution in [2.24, 2.45) is 5.92 Å². The number of benzene rings is 2. The third-order valence-electron chi connectivity index (χ3n) is 5.65. The minimum Gasteiger partial charge on any atom is -0.462 e. The molecule has 160 valence electrons. The summed E-state index contributed by atoms with van der Waals surface area (Å²) >= 11 is 0. The minimum absolute atomic E-state index is 0.0264. The number of likely N-dealkylation sites (tertiary alicyclic amines) is 1. The van der Waals surface area contributed by atoms with Gasteiger partial charge in [0.2, 0.25) is 5.91 Å². The molecule has 0 bridgehead atoms. The number of piperidine rings is 1. The highest BCUT2D eigenvalue weighted by molar-refractivity contribution is 5.94. The Morgan fingerprint density at radius 1 is 1.13 bits per heavy atom. The monoisotopic (exact) mass is 408 g/mol. The van der Waals surface area contributed by atoms with E-state index < -0.39 is 0 Å². The van der Waals surface area contributed by atoms with Crippen LogP contribution in [0.2, 0.25) is 0 Å². The number of unbranched alkanes of at least 4 members (excludes halogenated alkanes) is 1. The van der Waals surface area contributed by atoms with Gasteiger partial charge in [-0.05, 0) is 68.1 Å². The van der Waals surface area contributed by atoms with E-state index >= 15 is 0 Å². The molecule has 1 atom stereocenters. The van der Waals surface area contributed by atoms with E-state index in [1.165, 1.54) is 11.1 Å². The van der Waals surface area contributed by atoms with Crippen LogP contribution in [0.5, 0.6) is 0 Å². The van der Waals surface area contributed by atoms with Gasteiger partial charge in [0, 0.05) is 18.8 Å². The van der Waals surface area contributed by atoms with Crippen LogP contribution in [0.25, 0.3) is 0 Å². The number of ether oxygens (including phenoxy) is 1. The molecule has 0 aromatic heterocycles. The first-order valence-electron chi connectivity index (χ1n) is 10.9. The van der Waals surface area contributed by atoms with Crippen molar-refractivity contribution in [3.63, 3.8) is 0 Å². The van der Waals surface area contributed by atoms with Crippen LogP contribution in [0.3, 0.4) is 0 Å². The van der Waals surface area contributed by atoms with E-state index in [-0.39, 0.29) is 17.8 Å². The quantitative estimate of drug-likeness (QED) is 0.503. The van der Waals surface area contributed by atoms with Crippen LogP contribution in [-0.2, 0) is 16.1 Å². The van der Waals surface area contributed by atoms with Gasteiger partial charge in [-0.3, -0.25) is 9.69 Å².